The Morgan fingerprint density at radius 2 is 2.11 bits per heavy atom. The third kappa shape index (κ3) is 4.51. The van der Waals surface area contributed by atoms with Crippen LogP contribution < -0.4 is 5.32 Å². The molecule has 0 aliphatic carbocycles. The summed E-state index contributed by atoms with van der Waals surface area (Å²) in [5, 5.41) is 4.21. The first-order chi connectivity index (χ1) is 13.7. The number of carbonyl (C=O) groups excluding carboxylic acids is 1. The third-order valence-corrected chi connectivity index (χ3v) is 5.19. The number of carbonyl (C=O) groups is 1. The number of ether oxygens (including phenoxy) is 1. The molecule has 6 nitrogen and oxygen atoms in total. The molecule has 146 valence electrons. The first-order valence-electron chi connectivity index (χ1n) is 9.80. The van der Waals surface area contributed by atoms with Gasteiger partial charge in [-0.1, -0.05) is 12.1 Å². The Morgan fingerprint density at radius 1 is 1.25 bits per heavy atom. The van der Waals surface area contributed by atoms with Gasteiger partial charge in [-0.25, -0.2) is 4.79 Å². The Hall–Kier alpha value is -2.86. The predicted octanol–water partition coefficient (Wildman–Crippen LogP) is 3.76. The molecular weight excluding hydrogens is 352 g/mol. The van der Waals surface area contributed by atoms with Gasteiger partial charge in [0.25, 0.3) is 0 Å². The minimum Gasteiger partial charge on any atom is -0.372 e. The summed E-state index contributed by atoms with van der Waals surface area (Å²) in [5.41, 5.74) is 4.32. The number of nitrogens with zero attached hydrogens (tertiary/aromatic N) is 2. The molecule has 0 radical (unpaired) electrons. The van der Waals surface area contributed by atoms with Crippen LogP contribution in [0.1, 0.15) is 29.8 Å². The topological polar surface area (TPSA) is 70.2 Å². The predicted molar refractivity (Wildman–Crippen MR) is 109 cm³/mol. The van der Waals surface area contributed by atoms with Gasteiger partial charge >= 0.3 is 6.03 Å². The summed E-state index contributed by atoms with van der Waals surface area (Å²) < 4.78 is 5.95. The highest BCUT2D eigenvalue weighted by molar-refractivity contribution is 5.81. The average molecular weight is 378 g/mol. The van der Waals surface area contributed by atoms with Crippen molar-refractivity contribution in [2.45, 2.75) is 39.0 Å². The van der Waals surface area contributed by atoms with Crippen molar-refractivity contribution in [2.24, 2.45) is 0 Å². The second kappa shape index (κ2) is 8.44. The number of amides is 2. The van der Waals surface area contributed by atoms with Crippen LogP contribution in [-0.2, 0) is 17.9 Å². The van der Waals surface area contributed by atoms with Crippen LogP contribution in [0.3, 0.4) is 0 Å². The summed E-state index contributed by atoms with van der Waals surface area (Å²) in [7, 11) is 0. The molecular formula is C22H26N4O2. The van der Waals surface area contributed by atoms with Crippen LogP contribution in [-0.4, -0.2) is 40.1 Å². The van der Waals surface area contributed by atoms with E-state index >= 15 is 0 Å². The van der Waals surface area contributed by atoms with Crippen LogP contribution in [0.4, 0.5) is 4.79 Å². The SMILES string of the molecule is Cc1cc2cc(CNC(=O)N3CCC(OCc4ccccn4)CC3)ccc2[nH]1. The molecule has 2 aromatic heterocycles. The van der Waals surface area contributed by atoms with Crippen molar-refractivity contribution < 1.29 is 9.53 Å². The molecule has 1 aliphatic heterocycles. The molecule has 0 atom stereocenters. The number of urea groups is 1. The lowest BCUT2D eigenvalue weighted by Crippen LogP contribution is -2.45. The van der Waals surface area contributed by atoms with Gasteiger partial charge in [-0.15, -0.1) is 0 Å². The van der Waals surface area contributed by atoms with Crippen molar-refractivity contribution in [3.05, 3.63) is 65.6 Å². The molecule has 2 N–H and O–H groups in total. The highest BCUT2D eigenvalue weighted by Crippen LogP contribution is 2.18. The molecule has 1 saturated heterocycles. The van der Waals surface area contributed by atoms with Crippen molar-refractivity contribution in [3.63, 3.8) is 0 Å². The van der Waals surface area contributed by atoms with Gasteiger partial charge < -0.3 is 19.9 Å². The number of hydrogen-bond acceptors (Lipinski definition) is 3. The normalized spacial score (nSPS) is 15.1. The quantitative estimate of drug-likeness (QED) is 0.710. The molecule has 4 rings (SSSR count). The number of aromatic amines is 1. The summed E-state index contributed by atoms with van der Waals surface area (Å²) in [6, 6.07) is 14.2. The number of aromatic nitrogens is 2. The highest BCUT2D eigenvalue weighted by atomic mass is 16.5. The van der Waals surface area contributed by atoms with Crippen LogP contribution in [0.15, 0.2) is 48.7 Å². The fourth-order valence-corrected chi connectivity index (χ4v) is 3.64. The van der Waals surface area contributed by atoms with Gasteiger partial charge in [0, 0.05) is 37.0 Å². The van der Waals surface area contributed by atoms with Crippen molar-refractivity contribution in [1.82, 2.24) is 20.2 Å². The molecule has 3 aromatic rings. The second-order valence-corrected chi connectivity index (χ2v) is 7.35. The van der Waals surface area contributed by atoms with Crippen molar-refractivity contribution >= 4 is 16.9 Å². The van der Waals surface area contributed by atoms with Gasteiger partial charge in [-0.2, -0.15) is 0 Å². The molecule has 0 spiro atoms. The largest absolute Gasteiger partial charge is 0.372 e. The van der Waals surface area contributed by atoms with Gasteiger partial charge in [0.1, 0.15) is 0 Å². The first kappa shape index (κ1) is 18.5. The number of rotatable bonds is 5. The Balaban J connectivity index is 1.22. The van der Waals surface area contributed by atoms with Crippen LogP contribution in [0.5, 0.6) is 0 Å². The average Bonchev–Trinajstić information content (AvgIpc) is 3.11. The molecule has 1 aliphatic rings. The Bertz CT molecular complexity index is 930. The van der Waals surface area contributed by atoms with Gasteiger partial charge in [0.2, 0.25) is 0 Å². The molecule has 6 heteroatoms. The van der Waals surface area contributed by atoms with Crippen molar-refractivity contribution in [2.75, 3.05) is 13.1 Å². The lowest BCUT2D eigenvalue weighted by Gasteiger charge is -2.32. The summed E-state index contributed by atoms with van der Waals surface area (Å²) in [4.78, 5) is 22.0. The maximum absolute atomic E-state index is 12.5. The standard InChI is InChI=1S/C22H26N4O2/c1-16-12-18-13-17(5-6-21(18)25-16)14-24-22(27)26-10-7-20(8-11-26)28-15-19-4-2-3-9-23-19/h2-6,9,12-13,20,25H,7-8,10-11,14-15H2,1H3,(H,24,27). The van der Waals surface area contributed by atoms with Gasteiger partial charge in [0.15, 0.2) is 0 Å². The maximum atomic E-state index is 12.5. The zero-order chi connectivity index (χ0) is 19.3. The lowest BCUT2D eigenvalue weighted by molar-refractivity contribution is 0.00305. The molecule has 0 bridgehead atoms. The van der Waals surface area contributed by atoms with E-state index in [0.717, 1.165) is 48.4 Å². The number of piperidine rings is 1. The number of fused-ring (bicyclic) bond motifs is 1. The van der Waals surface area contributed by atoms with E-state index in [4.69, 9.17) is 4.74 Å². The highest BCUT2D eigenvalue weighted by Gasteiger charge is 2.23. The maximum Gasteiger partial charge on any atom is 0.317 e. The van der Waals surface area contributed by atoms with Crippen molar-refractivity contribution in [1.29, 1.82) is 0 Å². The van der Waals surface area contributed by atoms with E-state index in [2.05, 4.69) is 39.6 Å². The van der Waals surface area contributed by atoms with Crippen LogP contribution in [0, 0.1) is 6.92 Å². The molecule has 3 heterocycles. The van der Waals surface area contributed by atoms with E-state index in [1.165, 1.54) is 5.39 Å². The Morgan fingerprint density at radius 3 is 2.89 bits per heavy atom. The number of hydrogen-bond donors (Lipinski definition) is 2. The lowest BCUT2D eigenvalue weighted by atomic mass is 10.1. The smallest absolute Gasteiger partial charge is 0.317 e. The Kier molecular flexibility index (Phi) is 5.58. The minimum absolute atomic E-state index is 0.00600. The van der Waals surface area contributed by atoms with E-state index in [9.17, 15) is 4.79 Å². The third-order valence-electron chi connectivity index (χ3n) is 5.19. The molecule has 2 amide bonds. The summed E-state index contributed by atoms with van der Waals surface area (Å²) in [6.07, 6.45) is 3.68. The van der Waals surface area contributed by atoms with Crippen LogP contribution in [0.25, 0.3) is 10.9 Å². The van der Waals surface area contributed by atoms with Gasteiger partial charge in [-0.3, -0.25) is 4.98 Å². The summed E-state index contributed by atoms with van der Waals surface area (Å²) in [5.74, 6) is 0. The van der Waals surface area contributed by atoms with Gasteiger partial charge in [0.05, 0.1) is 18.4 Å². The fourth-order valence-electron chi connectivity index (χ4n) is 3.64. The zero-order valence-electron chi connectivity index (χ0n) is 16.1. The zero-order valence-corrected chi connectivity index (χ0v) is 16.1. The second-order valence-electron chi connectivity index (χ2n) is 7.35. The summed E-state index contributed by atoms with van der Waals surface area (Å²) >= 11 is 0. The minimum atomic E-state index is -0.00600. The van der Waals surface area contributed by atoms with Crippen LogP contribution >= 0.6 is 0 Å². The molecule has 28 heavy (non-hydrogen) atoms. The first-order valence-corrected chi connectivity index (χ1v) is 9.80. The number of nitrogens with one attached hydrogen (secondary N) is 2. The number of H-pyrrole nitrogens is 1. The van der Waals surface area contributed by atoms with E-state index in [1.807, 2.05) is 30.0 Å². The molecule has 1 aromatic carbocycles. The van der Waals surface area contributed by atoms with E-state index in [-0.39, 0.29) is 12.1 Å². The van der Waals surface area contributed by atoms with Crippen molar-refractivity contribution in [3.8, 4) is 0 Å². The number of aryl methyl sites for hydroxylation is 1. The fraction of sp³-hybridized carbons (Fsp3) is 0.364. The molecule has 1 fully saturated rings. The number of likely N-dealkylation sites (tertiary alicyclic amines) is 1. The molecule has 0 saturated carbocycles. The monoisotopic (exact) mass is 378 g/mol. The van der Waals surface area contributed by atoms with E-state index in [0.29, 0.717) is 13.2 Å². The number of pyridine rings is 1. The Labute approximate surface area is 164 Å². The van der Waals surface area contributed by atoms with E-state index < -0.39 is 0 Å². The van der Waals surface area contributed by atoms with Gasteiger partial charge in [-0.05, 0) is 61.0 Å². The summed E-state index contributed by atoms with van der Waals surface area (Å²) in [6.45, 7) is 4.54. The number of benzene rings is 1. The van der Waals surface area contributed by atoms with Crippen LogP contribution in [0.2, 0.25) is 0 Å². The van der Waals surface area contributed by atoms with E-state index in [1.54, 1.807) is 6.20 Å². The molecule has 0 unspecified atom stereocenters.